The van der Waals surface area contributed by atoms with E-state index in [4.69, 9.17) is 9.47 Å². The van der Waals surface area contributed by atoms with Crippen LogP contribution in [0.25, 0.3) is 0 Å². The largest absolute Gasteiger partial charge is 0.479 e. The van der Waals surface area contributed by atoms with Crippen molar-refractivity contribution in [3.05, 3.63) is 58.4 Å². The highest BCUT2D eigenvalue weighted by Gasteiger charge is 2.15. The molecule has 0 spiro atoms. The smallest absolute Gasteiger partial charge is 0.346 e. The Morgan fingerprint density at radius 1 is 1.17 bits per heavy atom. The Morgan fingerprint density at radius 2 is 1.79 bits per heavy atom. The normalized spacial score (nSPS) is 11.5. The average Bonchev–Trinajstić information content (AvgIpc) is 2.57. The summed E-state index contributed by atoms with van der Waals surface area (Å²) in [6.07, 6.45) is -0.770. The Balaban J connectivity index is 2.06. The van der Waals surface area contributed by atoms with Crippen LogP contribution in [0.1, 0.15) is 6.92 Å². The van der Waals surface area contributed by atoms with Crippen molar-refractivity contribution in [2.24, 2.45) is 0 Å². The van der Waals surface area contributed by atoms with Gasteiger partial charge in [0.2, 0.25) is 0 Å². The van der Waals surface area contributed by atoms with Crippen molar-refractivity contribution in [2.75, 3.05) is 7.11 Å². The first-order valence-corrected chi connectivity index (χ1v) is 6.87. The van der Waals surface area contributed by atoms with Crippen molar-refractivity contribution >= 4 is 11.7 Å². The summed E-state index contributed by atoms with van der Waals surface area (Å²) in [5, 5.41) is 10.6. The van der Waals surface area contributed by atoms with Crippen LogP contribution in [0.2, 0.25) is 0 Å². The number of methoxy groups -OCH3 is 1. The lowest BCUT2D eigenvalue weighted by Crippen LogP contribution is -2.24. The first-order valence-electron chi connectivity index (χ1n) is 6.87. The molecule has 0 aliphatic heterocycles. The van der Waals surface area contributed by atoms with Crippen LogP contribution in [0, 0.1) is 15.9 Å². The van der Waals surface area contributed by atoms with Crippen molar-refractivity contribution < 1.29 is 28.3 Å². The van der Waals surface area contributed by atoms with Crippen LogP contribution in [0.15, 0.2) is 42.5 Å². The number of esters is 1. The molecule has 1 atom stereocenters. The van der Waals surface area contributed by atoms with E-state index in [1.165, 1.54) is 37.4 Å². The Kier molecular flexibility index (Phi) is 5.31. The molecule has 0 radical (unpaired) electrons. The number of nitrogens with zero attached hydrogens (tertiary/aromatic N) is 1. The number of benzene rings is 2. The SMILES string of the molecule is COC(=O)C(C)Oc1ccc(Oc2ccc([N+](=O)[O-])cc2F)cc1. The molecular weight excluding hydrogens is 321 g/mol. The molecule has 7 nitrogen and oxygen atoms in total. The van der Waals surface area contributed by atoms with E-state index >= 15 is 0 Å². The number of hydrogen-bond acceptors (Lipinski definition) is 6. The molecule has 2 rings (SSSR count). The molecule has 126 valence electrons. The molecule has 0 aromatic heterocycles. The first kappa shape index (κ1) is 17.2. The minimum absolute atomic E-state index is 0.141. The fourth-order valence-electron chi connectivity index (χ4n) is 1.82. The second kappa shape index (κ2) is 7.40. The van der Waals surface area contributed by atoms with E-state index in [2.05, 4.69) is 4.74 Å². The summed E-state index contributed by atoms with van der Waals surface area (Å²) in [6, 6.07) is 9.21. The summed E-state index contributed by atoms with van der Waals surface area (Å²) in [6.45, 7) is 1.54. The molecule has 0 aliphatic rings. The summed E-state index contributed by atoms with van der Waals surface area (Å²) in [5.41, 5.74) is -0.361. The summed E-state index contributed by atoms with van der Waals surface area (Å²) in [4.78, 5) is 21.2. The van der Waals surface area contributed by atoms with Gasteiger partial charge in [0.05, 0.1) is 18.1 Å². The van der Waals surface area contributed by atoms with Gasteiger partial charge in [0.15, 0.2) is 17.7 Å². The van der Waals surface area contributed by atoms with Gasteiger partial charge in [-0.05, 0) is 37.3 Å². The second-order valence-corrected chi connectivity index (χ2v) is 4.73. The first-order chi connectivity index (χ1) is 11.4. The molecule has 2 aromatic carbocycles. The van der Waals surface area contributed by atoms with Crippen LogP contribution in [-0.4, -0.2) is 24.1 Å². The molecule has 0 saturated carbocycles. The van der Waals surface area contributed by atoms with Crippen LogP contribution in [0.3, 0.4) is 0 Å². The zero-order valence-corrected chi connectivity index (χ0v) is 12.9. The zero-order chi connectivity index (χ0) is 17.7. The Labute approximate surface area is 136 Å². The fraction of sp³-hybridized carbons (Fsp3) is 0.188. The van der Waals surface area contributed by atoms with Gasteiger partial charge >= 0.3 is 5.97 Å². The number of carbonyl (C=O) groups excluding carboxylic acids is 1. The fourth-order valence-corrected chi connectivity index (χ4v) is 1.82. The number of carbonyl (C=O) groups is 1. The Morgan fingerprint density at radius 3 is 2.33 bits per heavy atom. The van der Waals surface area contributed by atoms with Gasteiger partial charge in [0.1, 0.15) is 11.5 Å². The molecule has 2 aromatic rings. The predicted octanol–water partition coefficient (Wildman–Crippen LogP) is 3.47. The van der Waals surface area contributed by atoms with Gasteiger partial charge < -0.3 is 14.2 Å². The molecule has 0 heterocycles. The molecule has 8 heteroatoms. The molecule has 24 heavy (non-hydrogen) atoms. The lowest BCUT2D eigenvalue weighted by molar-refractivity contribution is -0.385. The number of nitro benzene ring substituents is 1. The van der Waals surface area contributed by atoms with Crippen LogP contribution in [0.5, 0.6) is 17.2 Å². The topological polar surface area (TPSA) is 87.9 Å². The summed E-state index contributed by atoms with van der Waals surface area (Å²) >= 11 is 0. The highest BCUT2D eigenvalue weighted by Crippen LogP contribution is 2.28. The van der Waals surface area contributed by atoms with Crippen molar-refractivity contribution in [3.8, 4) is 17.2 Å². The van der Waals surface area contributed by atoms with Crippen LogP contribution in [0.4, 0.5) is 10.1 Å². The Hall–Kier alpha value is -3.16. The zero-order valence-electron chi connectivity index (χ0n) is 12.9. The van der Waals surface area contributed by atoms with E-state index in [0.29, 0.717) is 11.5 Å². The summed E-state index contributed by atoms with van der Waals surface area (Å²) in [7, 11) is 1.26. The summed E-state index contributed by atoms with van der Waals surface area (Å²) < 4.78 is 29.0. The third kappa shape index (κ3) is 4.19. The molecular formula is C16H14FNO6. The number of halogens is 1. The lowest BCUT2D eigenvalue weighted by Gasteiger charge is -2.13. The molecule has 0 fully saturated rings. The number of non-ortho nitro benzene ring substituents is 1. The molecule has 0 bridgehead atoms. The van der Waals surface area contributed by atoms with E-state index in [1.807, 2.05) is 0 Å². The van der Waals surface area contributed by atoms with E-state index in [1.54, 1.807) is 6.92 Å². The monoisotopic (exact) mass is 335 g/mol. The van der Waals surface area contributed by atoms with E-state index in [-0.39, 0.29) is 11.4 Å². The maximum absolute atomic E-state index is 13.8. The second-order valence-electron chi connectivity index (χ2n) is 4.73. The third-order valence-corrected chi connectivity index (χ3v) is 3.02. The van der Waals surface area contributed by atoms with E-state index in [9.17, 15) is 19.3 Å². The number of ether oxygens (including phenoxy) is 3. The van der Waals surface area contributed by atoms with Crippen molar-refractivity contribution in [1.29, 1.82) is 0 Å². The minimum Gasteiger partial charge on any atom is -0.479 e. The molecule has 0 saturated heterocycles. The maximum atomic E-state index is 13.8. The van der Waals surface area contributed by atoms with Gasteiger partial charge in [-0.3, -0.25) is 10.1 Å². The molecule has 0 amide bonds. The van der Waals surface area contributed by atoms with Gasteiger partial charge in [-0.1, -0.05) is 0 Å². The van der Waals surface area contributed by atoms with Gasteiger partial charge in [-0.15, -0.1) is 0 Å². The molecule has 0 aliphatic carbocycles. The quantitative estimate of drug-likeness (QED) is 0.456. The maximum Gasteiger partial charge on any atom is 0.346 e. The minimum atomic E-state index is -0.844. The van der Waals surface area contributed by atoms with Gasteiger partial charge in [-0.2, -0.15) is 0 Å². The van der Waals surface area contributed by atoms with Crippen LogP contribution < -0.4 is 9.47 Å². The predicted molar refractivity (Wildman–Crippen MR) is 81.7 cm³/mol. The number of hydrogen-bond donors (Lipinski definition) is 0. The summed E-state index contributed by atoms with van der Waals surface area (Å²) in [5.74, 6) is -0.783. The van der Waals surface area contributed by atoms with Gasteiger partial charge in [0, 0.05) is 6.07 Å². The highest BCUT2D eigenvalue weighted by molar-refractivity contribution is 5.74. The van der Waals surface area contributed by atoms with Crippen LogP contribution >= 0.6 is 0 Å². The van der Waals surface area contributed by atoms with Crippen LogP contribution in [-0.2, 0) is 9.53 Å². The molecule has 1 unspecified atom stereocenters. The number of rotatable bonds is 6. The lowest BCUT2D eigenvalue weighted by atomic mass is 10.3. The van der Waals surface area contributed by atoms with Crippen molar-refractivity contribution in [3.63, 3.8) is 0 Å². The van der Waals surface area contributed by atoms with Crippen molar-refractivity contribution in [2.45, 2.75) is 13.0 Å². The molecule has 0 N–H and O–H groups in total. The average molecular weight is 335 g/mol. The van der Waals surface area contributed by atoms with E-state index < -0.39 is 22.8 Å². The van der Waals surface area contributed by atoms with Crippen molar-refractivity contribution in [1.82, 2.24) is 0 Å². The third-order valence-electron chi connectivity index (χ3n) is 3.02. The highest BCUT2D eigenvalue weighted by atomic mass is 19.1. The Bertz CT molecular complexity index is 747. The number of nitro groups is 1. The standard InChI is InChI=1S/C16H14FNO6/c1-10(16(19)22-2)23-12-4-6-13(7-5-12)24-15-8-3-11(18(20)21)9-14(15)17/h3-10H,1-2H3. The van der Waals surface area contributed by atoms with Gasteiger partial charge in [0.25, 0.3) is 5.69 Å². The van der Waals surface area contributed by atoms with Gasteiger partial charge in [-0.25, -0.2) is 9.18 Å². The van der Waals surface area contributed by atoms with E-state index in [0.717, 1.165) is 12.1 Å².